The van der Waals surface area contributed by atoms with Gasteiger partial charge < -0.3 is 18.9 Å². The second-order valence-electron chi connectivity index (χ2n) is 9.08. The smallest absolute Gasteiger partial charge is 0.222 e. The standard InChI is InChI=1S/C25H33FN4O2/c1-15(2)19-8-7-18(25(27-19)31-6)23-16(3)11-20-24(28-23)17(4)12-30(20)21-13-29(5)14-22(21)32-10-9-26/h7-8,11-12,15,21-22H,9-10,13-14H2,1-6H3/t21?,22-/m0/s1. The monoisotopic (exact) mass is 440 g/mol. The SMILES string of the molecule is COc1nc(C(C)C)ccc1-c1nc2c(C)cn(C3CN(C)C[C@@H]3OCCF)c2cc1C. The molecule has 0 radical (unpaired) electrons. The third kappa shape index (κ3) is 4.11. The Morgan fingerprint density at radius 3 is 2.62 bits per heavy atom. The predicted molar refractivity (Wildman–Crippen MR) is 125 cm³/mol. The van der Waals surface area contributed by atoms with Gasteiger partial charge in [-0.1, -0.05) is 13.8 Å². The fraction of sp³-hybridized carbons (Fsp3) is 0.520. The van der Waals surface area contributed by atoms with Gasteiger partial charge in [0.2, 0.25) is 5.88 Å². The van der Waals surface area contributed by atoms with Crippen molar-refractivity contribution in [2.45, 2.75) is 45.8 Å². The van der Waals surface area contributed by atoms with Crippen molar-refractivity contribution in [1.29, 1.82) is 0 Å². The van der Waals surface area contributed by atoms with Crippen LogP contribution in [0, 0.1) is 13.8 Å². The van der Waals surface area contributed by atoms with Crippen molar-refractivity contribution in [2.24, 2.45) is 0 Å². The highest BCUT2D eigenvalue weighted by Gasteiger charge is 2.34. The second kappa shape index (κ2) is 9.16. The number of likely N-dealkylation sites (N-methyl/N-ethyl adjacent to an activating group) is 1. The molecule has 1 aliphatic rings. The van der Waals surface area contributed by atoms with E-state index in [1.54, 1.807) is 7.11 Å². The van der Waals surface area contributed by atoms with Crippen molar-refractivity contribution < 1.29 is 13.9 Å². The summed E-state index contributed by atoms with van der Waals surface area (Å²) in [7, 11) is 3.73. The van der Waals surface area contributed by atoms with Gasteiger partial charge in [0.15, 0.2) is 0 Å². The molecule has 4 rings (SSSR count). The van der Waals surface area contributed by atoms with Crippen LogP contribution in [-0.4, -0.2) is 66.1 Å². The third-order valence-electron chi connectivity index (χ3n) is 6.29. The fourth-order valence-electron chi connectivity index (χ4n) is 4.65. The van der Waals surface area contributed by atoms with Gasteiger partial charge in [-0.2, -0.15) is 0 Å². The summed E-state index contributed by atoms with van der Waals surface area (Å²) < 4.78 is 26.5. The average Bonchev–Trinajstić information content (AvgIpc) is 3.29. The number of alkyl halides is 1. The number of hydrogen-bond donors (Lipinski definition) is 0. The fourth-order valence-corrected chi connectivity index (χ4v) is 4.65. The number of halogens is 1. The van der Waals surface area contributed by atoms with Crippen LogP contribution in [0.1, 0.15) is 42.6 Å². The van der Waals surface area contributed by atoms with Crippen molar-refractivity contribution in [1.82, 2.24) is 19.4 Å². The normalized spacial score (nSPS) is 19.4. The molecule has 1 unspecified atom stereocenters. The number of aromatic nitrogens is 3. The van der Waals surface area contributed by atoms with Crippen LogP contribution in [0.3, 0.4) is 0 Å². The Morgan fingerprint density at radius 2 is 1.94 bits per heavy atom. The van der Waals surface area contributed by atoms with Crippen molar-refractivity contribution in [3.05, 3.63) is 41.2 Å². The van der Waals surface area contributed by atoms with Gasteiger partial charge in [0.25, 0.3) is 0 Å². The van der Waals surface area contributed by atoms with Gasteiger partial charge in [-0.15, -0.1) is 0 Å². The molecular weight excluding hydrogens is 407 g/mol. The van der Waals surface area contributed by atoms with E-state index in [2.05, 4.69) is 62.5 Å². The van der Waals surface area contributed by atoms with Gasteiger partial charge in [0.1, 0.15) is 6.67 Å². The lowest BCUT2D eigenvalue weighted by atomic mass is 10.0. The maximum Gasteiger partial charge on any atom is 0.222 e. The number of rotatable bonds is 7. The zero-order chi connectivity index (χ0) is 23.0. The predicted octanol–water partition coefficient (Wildman–Crippen LogP) is 4.69. The Kier molecular flexibility index (Phi) is 6.49. The van der Waals surface area contributed by atoms with Crippen molar-refractivity contribution in [2.75, 3.05) is 40.5 Å². The molecule has 172 valence electrons. The summed E-state index contributed by atoms with van der Waals surface area (Å²) in [6.45, 7) is 9.71. The number of fused-ring (bicyclic) bond motifs is 1. The number of nitrogens with zero attached hydrogens (tertiary/aromatic N) is 4. The maximum absolute atomic E-state index is 12.7. The van der Waals surface area contributed by atoms with E-state index in [9.17, 15) is 4.39 Å². The number of hydrogen-bond acceptors (Lipinski definition) is 5. The van der Waals surface area contributed by atoms with Crippen LogP contribution in [0.5, 0.6) is 5.88 Å². The summed E-state index contributed by atoms with van der Waals surface area (Å²) in [5.74, 6) is 0.920. The molecule has 2 atom stereocenters. The molecule has 0 aromatic carbocycles. The summed E-state index contributed by atoms with van der Waals surface area (Å²) in [6.07, 6.45) is 2.10. The lowest BCUT2D eigenvalue weighted by Crippen LogP contribution is -2.26. The Hall–Kier alpha value is -2.51. The molecule has 1 fully saturated rings. The van der Waals surface area contributed by atoms with E-state index in [1.165, 1.54) is 0 Å². The van der Waals surface area contributed by atoms with Crippen molar-refractivity contribution >= 4 is 11.0 Å². The molecule has 6 nitrogen and oxygen atoms in total. The zero-order valence-corrected chi connectivity index (χ0v) is 19.9. The first kappa shape index (κ1) is 22.7. The first-order valence-electron chi connectivity index (χ1n) is 11.2. The summed E-state index contributed by atoms with van der Waals surface area (Å²) in [6, 6.07) is 6.41. The van der Waals surface area contributed by atoms with Gasteiger partial charge in [-0.3, -0.25) is 0 Å². The molecular formula is C25H33FN4O2. The second-order valence-corrected chi connectivity index (χ2v) is 9.08. The zero-order valence-electron chi connectivity index (χ0n) is 19.9. The topological polar surface area (TPSA) is 52.4 Å². The van der Waals surface area contributed by atoms with E-state index < -0.39 is 6.67 Å². The number of methoxy groups -OCH3 is 1. The molecule has 32 heavy (non-hydrogen) atoms. The highest BCUT2D eigenvalue weighted by atomic mass is 19.1. The Morgan fingerprint density at radius 1 is 1.16 bits per heavy atom. The highest BCUT2D eigenvalue weighted by molar-refractivity contribution is 5.85. The molecule has 0 spiro atoms. The van der Waals surface area contributed by atoms with E-state index in [4.69, 9.17) is 19.4 Å². The average molecular weight is 441 g/mol. The van der Waals surface area contributed by atoms with Crippen LogP contribution in [0.2, 0.25) is 0 Å². The van der Waals surface area contributed by atoms with Crippen LogP contribution < -0.4 is 4.74 Å². The molecule has 0 N–H and O–H groups in total. The van der Waals surface area contributed by atoms with Crippen LogP contribution in [0.15, 0.2) is 24.4 Å². The van der Waals surface area contributed by atoms with Gasteiger partial charge in [0.05, 0.1) is 48.2 Å². The summed E-state index contributed by atoms with van der Waals surface area (Å²) in [4.78, 5) is 12.0. The third-order valence-corrected chi connectivity index (χ3v) is 6.29. The van der Waals surface area contributed by atoms with Crippen LogP contribution in [-0.2, 0) is 4.74 Å². The van der Waals surface area contributed by atoms with Crippen molar-refractivity contribution in [3.63, 3.8) is 0 Å². The summed E-state index contributed by atoms with van der Waals surface area (Å²) in [5.41, 5.74) is 6.96. The van der Waals surface area contributed by atoms with E-state index in [0.717, 1.165) is 52.2 Å². The van der Waals surface area contributed by atoms with E-state index >= 15 is 0 Å². The largest absolute Gasteiger partial charge is 0.480 e. The number of ether oxygens (including phenoxy) is 2. The Bertz CT molecular complexity index is 1110. The minimum absolute atomic E-state index is 0.0430. The first-order chi connectivity index (χ1) is 15.3. The van der Waals surface area contributed by atoms with E-state index in [1.807, 2.05) is 6.07 Å². The van der Waals surface area contributed by atoms with Gasteiger partial charge in [-0.05, 0) is 56.1 Å². The molecule has 0 bridgehead atoms. The van der Waals surface area contributed by atoms with E-state index in [0.29, 0.717) is 11.8 Å². The minimum atomic E-state index is -0.464. The quantitative estimate of drug-likeness (QED) is 0.534. The number of likely N-dealkylation sites (tertiary alicyclic amines) is 1. The Labute approximate surface area is 189 Å². The van der Waals surface area contributed by atoms with Crippen LogP contribution in [0.4, 0.5) is 4.39 Å². The van der Waals surface area contributed by atoms with Crippen LogP contribution in [0.25, 0.3) is 22.3 Å². The van der Waals surface area contributed by atoms with Crippen molar-refractivity contribution in [3.8, 4) is 17.1 Å². The van der Waals surface area contributed by atoms with Crippen LogP contribution >= 0.6 is 0 Å². The summed E-state index contributed by atoms with van der Waals surface area (Å²) >= 11 is 0. The molecule has 7 heteroatoms. The highest BCUT2D eigenvalue weighted by Crippen LogP contribution is 2.36. The maximum atomic E-state index is 12.7. The lowest BCUT2D eigenvalue weighted by molar-refractivity contribution is 0.0311. The molecule has 0 amide bonds. The lowest BCUT2D eigenvalue weighted by Gasteiger charge is -2.21. The molecule has 3 aromatic rings. The molecule has 1 aliphatic heterocycles. The van der Waals surface area contributed by atoms with E-state index in [-0.39, 0.29) is 18.8 Å². The molecule has 1 saturated heterocycles. The number of aryl methyl sites for hydroxylation is 2. The molecule has 3 aromatic heterocycles. The number of pyridine rings is 2. The summed E-state index contributed by atoms with van der Waals surface area (Å²) in [5, 5.41) is 0. The van der Waals surface area contributed by atoms with Gasteiger partial charge in [0, 0.05) is 25.0 Å². The first-order valence-corrected chi connectivity index (χ1v) is 11.2. The van der Waals surface area contributed by atoms with Gasteiger partial charge in [-0.25, -0.2) is 14.4 Å². The molecule has 0 saturated carbocycles. The Balaban J connectivity index is 1.79. The van der Waals surface area contributed by atoms with Gasteiger partial charge >= 0.3 is 0 Å². The minimum Gasteiger partial charge on any atom is -0.480 e. The molecule has 4 heterocycles. The molecule has 0 aliphatic carbocycles.